The van der Waals surface area contributed by atoms with Crippen LogP contribution < -0.4 is 0 Å². The van der Waals surface area contributed by atoms with E-state index in [1.165, 1.54) is 12.1 Å². The maximum absolute atomic E-state index is 12.1. The highest BCUT2D eigenvalue weighted by molar-refractivity contribution is 7.90. The van der Waals surface area contributed by atoms with Gasteiger partial charge in [-0.2, -0.15) is 0 Å². The van der Waals surface area contributed by atoms with Crippen LogP contribution in [0, 0.1) is 0 Å². The molecule has 0 saturated heterocycles. The van der Waals surface area contributed by atoms with Crippen LogP contribution in [-0.2, 0) is 16.3 Å². The lowest BCUT2D eigenvalue weighted by atomic mass is 10.1. The molecule has 5 heteroatoms. The summed E-state index contributed by atoms with van der Waals surface area (Å²) in [6.07, 6.45) is 2.90. The summed E-state index contributed by atoms with van der Waals surface area (Å²) in [6.45, 7) is 0. The summed E-state index contributed by atoms with van der Waals surface area (Å²) in [6, 6.07) is 11.4. The normalized spacial score (nSPS) is 11.2. The van der Waals surface area contributed by atoms with Crippen molar-refractivity contribution in [3.8, 4) is 0 Å². The van der Waals surface area contributed by atoms with Crippen molar-refractivity contribution in [2.24, 2.45) is 0 Å². The van der Waals surface area contributed by atoms with Crippen LogP contribution in [-0.4, -0.2) is 25.4 Å². The molecule has 0 radical (unpaired) electrons. The third-order valence-corrected chi connectivity index (χ3v) is 3.76. The van der Waals surface area contributed by atoms with Crippen LogP contribution in [0.2, 0.25) is 0 Å². The van der Waals surface area contributed by atoms with Crippen molar-refractivity contribution in [1.82, 2.24) is 4.98 Å². The van der Waals surface area contributed by atoms with Crippen LogP contribution in [0.3, 0.4) is 0 Å². The molecule has 1 aromatic carbocycles. The van der Waals surface area contributed by atoms with E-state index >= 15 is 0 Å². The van der Waals surface area contributed by atoms with E-state index in [0.29, 0.717) is 11.3 Å². The Morgan fingerprint density at radius 2 is 1.95 bits per heavy atom. The molecule has 0 spiro atoms. The molecule has 0 N–H and O–H groups in total. The minimum Gasteiger partial charge on any atom is -0.294 e. The molecule has 0 unspecified atom stereocenters. The van der Waals surface area contributed by atoms with E-state index in [1.54, 1.807) is 30.5 Å². The summed E-state index contributed by atoms with van der Waals surface area (Å²) in [5, 5.41) is 0. The highest BCUT2D eigenvalue weighted by Gasteiger charge is 2.12. The molecule has 0 atom stereocenters. The Bertz CT molecular complexity index is 694. The Hall–Kier alpha value is -2.01. The standard InChI is InChI=1S/C14H13NO3S/c1-19(17,18)13-7-4-5-11(9-13)14(16)10-12-6-2-3-8-15-12/h2-9H,10H2,1H3. The number of aromatic nitrogens is 1. The van der Waals surface area contributed by atoms with E-state index in [1.807, 2.05) is 6.07 Å². The van der Waals surface area contributed by atoms with E-state index in [0.717, 1.165) is 6.26 Å². The first kappa shape index (κ1) is 13.4. The van der Waals surface area contributed by atoms with Crippen LogP contribution in [0.15, 0.2) is 53.6 Å². The minimum atomic E-state index is -3.30. The topological polar surface area (TPSA) is 64.1 Å². The molecule has 1 heterocycles. The number of Topliss-reactive ketones (excluding diaryl/α,β-unsaturated/α-hetero) is 1. The highest BCUT2D eigenvalue weighted by Crippen LogP contribution is 2.13. The molecule has 0 bridgehead atoms. The molecule has 0 fully saturated rings. The summed E-state index contributed by atoms with van der Waals surface area (Å²) in [7, 11) is -3.30. The number of benzene rings is 1. The summed E-state index contributed by atoms with van der Waals surface area (Å²) >= 11 is 0. The molecule has 2 rings (SSSR count). The molecule has 1 aromatic heterocycles. The van der Waals surface area contributed by atoms with E-state index < -0.39 is 9.84 Å². The Morgan fingerprint density at radius 1 is 1.16 bits per heavy atom. The third kappa shape index (κ3) is 3.48. The van der Waals surface area contributed by atoms with Crippen molar-refractivity contribution < 1.29 is 13.2 Å². The van der Waals surface area contributed by atoms with Gasteiger partial charge in [0.05, 0.1) is 11.3 Å². The van der Waals surface area contributed by atoms with Crippen molar-refractivity contribution in [2.45, 2.75) is 11.3 Å². The second-order valence-corrected chi connectivity index (χ2v) is 6.24. The molecular formula is C14H13NO3S. The fraction of sp³-hybridized carbons (Fsp3) is 0.143. The molecule has 0 amide bonds. The monoisotopic (exact) mass is 275 g/mol. The molecule has 0 saturated carbocycles. The predicted molar refractivity (Wildman–Crippen MR) is 71.8 cm³/mol. The van der Waals surface area contributed by atoms with Crippen molar-refractivity contribution in [3.63, 3.8) is 0 Å². The largest absolute Gasteiger partial charge is 0.294 e. The zero-order valence-electron chi connectivity index (χ0n) is 10.4. The molecular weight excluding hydrogens is 262 g/mol. The zero-order chi connectivity index (χ0) is 13.9. The number of nitrogens with zero attached hydrogens (tertiary/aromatic N) is 1. The second-order valence-electron chi connectivity index (χ2n) is 4.22. The summed E-state index contributed by atoms with van der Waals surface area (Å²) in [4.78, 5) is 16.3. The number of carbonyl (C=O) groups is 1. The van der Waals surface area contributed by atoms with E-state index in [-0.39, 0.29) is 17.1 Å². The van der Waals surface area contributed by atoms with Crippen LogP contribution in [0.1, 0.15) is 16.1 Å². The maximum Gasteiger partial charge on any atom is 0.175 e. The lowest BCUT2D eigenvalue weighted by Crippen LogP contribution is -2.06. The zero-order valence-corrected chi connectivity index (χ0v) is 11.2. The average molecular weight is 275 g/mol. The third-order valence-electron chi connectivity index (χ3n) is 2.65. The van der Waals surface area contributed by atoms with Crippen LogP contribution in [0.5, 0.6) is 0 Å². The van der Waals surface area contributed by atoms with Gasteiger partial charge in [0.1, 0.15) is 0 Å². The van der Waals surface area contributed by atoms with Gasteiger partial charge in [-0.15, -0.1) is 0 Å². The molecule has 4 nitrogen and oxygen atoms in total. The Labute approximate surface area is 112 Å². The number of hydrogen-bond donors (Lipinski definition) is 0. The highest BCUT2D eigenvalue weighted by atomic mass is 32.2. The smallest absolute Gasteiger partial charge is 0.175 e. The number of hydrogen-bond acceptors (Lipinski definition) is 4. The van der Waals surface area contributed by atoms with Gasteiger partial charge in [0.25, 0.3) is 0 Å². The minimum absolute atomic E-state index is 0.149. The summed E-state index contributed by atoms with van der Waals surface area (Å²) in [5.74, 6) is -0.149. The van der Waals surface area contributed by atoms with Crippen LogP contribution >= 0.6 is 0 Å². The van der Waals surface area contributed by atoms with Gasteiger partial charge < -0.3 is 0 Å². The Kier molecular flexibility index (Phi) is 3.76. The van der Waals surface area contributed by atoms with Gasteiger partial charge in [0.15, 0.2) is 15.6 Å². The SMILES string of the molecule is CS(=O)(=O)c1cccc(C(=O)Cc2ccccn2)c1. The van der Waals surface area contributed by atoms with E-state index in [4.69, 9.17) is 0 Å². The first-order valence-electron chi connectivity index (χ1n) is 5.70. The second kappa shape index (κ2) is 5.32. The lowest BCUT2D eigenvalue weighted by Gasteiger charge is -2.03. The first-order chi connectivity index (χ1) is 8.97. The van der Waals surface area contributed by atoms with Gasteiger partial charge in [-0.05, 0) is 24.3 Å². The van der Waals surface area contributed by atoms with Gasteiger partial charge >= 0.3 is 0 Å². The van der Waals surface area contributed by atoms with Gasteiger partial charge in [-0.3, -0.25) is 9.78 Å². The average Bonchev–Trinajstić information content (AvgIpc) is 2.39. The molecule has 0 aliphatic carbocycles. The van der Waals surface area contributed by atoms with E-state index in [9.17, 15) is 13.2 Å². The van der Waals surface area contributed by atoms with Gasteiger partial charge in [0.2, 0.25) is 0 Å². The van der Waals surface area contributed by atoms with Crippen molar-refractivity contribution in [3.05, 3.63) is 59.9 Å². The molecule has 98 valence electrons. The summed E-state index contributed by atoms with van der Waals surface area (Å²) in [5.41, 5.74) is 1.05. The Balaban J connectivity index is 2.25. The quantitative estimate of drug-likeness (QED) is 0.800. The predicted octanol–water partition coefficient (Wildman–Crippen LogP) is 1.91. The molecule has 2 aromatic rings. The van der Waals surface area contributed by atoms with Crippen LogP contribution in [0.4, 0.5) is 0 Å². The van der Waals surface area contributed by atoms with Gasteiger partial charge in [-0.25, -0.2) is 8.42 Å². The number of pyridine rings is 1. The number of ketones is 1. The first-order valence-corrected chi connectivity index (χ1v) is 7.59. The van der Waals surface area contributed by atoms with Crippen LogP contribution in [0.25, 0.3) is 0 Å². The fourth-order valence-electron chi connectivity index (χ4n) is 1.67. The number of sulfone groups is 1. The van der Waals surface area contributed by atoms with E-state index in [2.05, 4.69) is 4.98 Å². The van der Waals surface area contributed by atoms with Crippen molar-refractivity contribution in [2.75, 3.05) is 6.26 Å². The maximum atomic E-state index is 12.1. The summed E-state index contributed by atoms with van der Waals surface area (Å²) < 4.78 is 22.9. The number of carbonyl (C=O) groups excluding carboxylic acids is 1. The van der Waals surface area contributed by atoms with Gasteiger partial charge in [0, 0.05) is 23.7 Å². The molecule has 0 aliphatic rings. The van der Waals surface area contributed by atoms with Crippen molar-refractivity contribution in [1.29, 1.82) is 0 Å². The molecule has 19 heavy (non-hydrogen) atoms. The van der Waals surface area contributed by atoms with Gasteiger partial charge in [-0.1, -0.05) is 18.2 Å². The Morgan fingerprint density at radius 3 is 2.58 bits per heavy atom. The van der Waals surface area contributed by atoms with Crippen molar-refractivity contribution >= 4 is 15.6 Å². The fourth-order valence-corrected chi connectivity index (χ4v) is 2.34. The molecule has 0 aliphatic heterocycles. The lowest BCUT2D eigenvalue weighted by molar-refractivity contribution is 0.0991. The number of rotatable bonds is 4.